The lowest BCUT2D eigenvalue weighted by Gasteiger charge is -2.11. The highest BCUT2D eigenvalue weighted by Crippen LogP contribution is 2.29. The number of pyridine rings is 2. The molecule has 154 valence electrons. The lowest BCUT2D eigenvalue weighted by molar-refractivity contribution is 0.142. The second-order valence-electron chi connectivity index (χ2n) is 5.91. The third-order valence-corrected chi connectivity index (χ3v) is 5.74. The predicted octanol–water partition coefficient (Wildman–Crippen LogP) is 1.92. The highest BCUT2D eigenvalue weighted by Gasteiger charge is 2.24. The van der Waals surface area contributed by atoms with Gasteiger partial charge in [-0.25, -0.2) is 27.2 Å². The van der Waals surface area contributed by atoms with Crippen molar-refractivity contribution in [3.63, 3.8) is 0 Å². The molecule has 0 radical (unpaired) electrons. The average molecular weight is 427 g/mol. The van der Waals surface area contributed by atoms with Gasteiger partial charge in [0.25, 0.3) is 10.0 Å². The molecule has 3 heterocycles. The number of hydrogen-bond acceptors (Lipinski definition) is 8. The number of amides is 1. The van der Waals surface area contributed by atoms with Crippen LogP contribution in [0.2, 0.25) is 0 Å². The highest BCUT2D eigenvalue weighted by atomic mass is 32.2. The number of ether oxygens (including phenoxy) is 2. The minimum absolute atomic E-state index is 0.0543. The second kappa shape index (κ2) is 8.62. The van der Waals surface area contributed by atoms with Crippen LogP contribution in [0.1, 0.15) is 11.3 Å². The molecule has 0 unspecified atom stereocenters. The quantitative estimate of drug-likeness (QED) is 0.630. The Hall–Kier alpha value is -3.91. The zero-order valence-corrected chi connectivity index (χ0v) is 16.9. The summed E-state index contributed by atoms with van der Waals surface area (Å²) in [5.41, 5.74) is 0.979. The van der Waals surface area contributed by atoms with Gasteiger partial charge in [-0.1, -0.05) is 0 Å². The summed E-state index contributed by atoms with van der Waals surface area (Å²) in [5.74, 6) is 0.264. The molecule has 0 bridgehead atoms. The maximum absolute atomic E-state index is 13.3. The Morgan fingerprint density at radius 2 is 2.10 bits per heavy atom. The Labute approximate surface area is 172 Å². The van der Waals surface area contributed by atoms with Crippen molar-refractivity contribution in [1.82, 2.24) is 19.3 Å². The van der Waals surface area contributed by atoms with Crippen molar-refractivity contribution >= 4 is 16.1 Å². The van der Waals surface area contributed by atoms with E-state index in [1.54, 1.807) is 12.1 Å². The van der Waals surface area contributed by atoms with Crippen molar-refractivity contribution in [3.8, 4) is 23.2 Å². The smallest absolute Gasteiger partial charge is 0.407 e. The van der Waals surface area contributed by atoms with E-state index in [4.69, 9.17) is 9.47 Å². The van der Waals surface area contributed by atoms with Crippen LogP contribution in [0.15, 0.2) is 53.8 Å². The fourth-order valence-corrected chi connectivity index (χ4v) is 3.98. The van der Waals surface area contributed by atoms with E-state index >= 15 is 0 Å². The van der Waals surface area contributed by atoms with Gasteiger partial charge in [-0.2, -0.15) is 5.26 Å². The third kappa shape index (κ3) is 4.08. The topological polar surface area (TPSA) is 136 Å². The molecule has 0 aromatic carbocycles. The van der Waals surface area contributed by atoms with Crippen molar-refractivity contribution in [2.45, 2.75) is 11.5 Å². The van der Waals surface area contributed by atoms with E-state index in [2.05, 4.69) is 15.3 Å². The molecule has 0 atom stereocenters. The van der Waals surface area contributed by atoms with Crippen LogP contribution >= 0.6 is 0 Å². The fourth-order valence-electron chi connectivity index (χ4n) is 2.65. The van der Waals surface area contributed by atoms with Gasteiger partial charge in [0.15, 0.2) is 0 Å². The van der Waals surface area contributed by atoms with Gasteiger partial charge in [-0.3, -0.25) is 0 Å². The second-order valence-corrected chi connectivity index (χ2v) is 7.72. The van der Waals surface area contributed by atoms with E-state index in [1.807, 2.05) is 6.07 Å². The number of alkyl carbamates (subject to hydrolysis) is 1. The lowest BCUT2D eigenvalue weighted by Crippen LogP contribution is -2.18. The van der Waals surface area contributed by atoms with E-state index in [1.165, 1.54) is 50.9 Å². The van der Waals surface area contributed by atoms with E-state index in [9.17, 15) is 18.5 Å². The third-order valence-electron chi connectivity index (χ3n) is 4.08. The molecule has 0 spiro atoms. The number of nitriles is 1. The average Bonchev–Trinajstić information content (AvgIpc) is 3.22. The number of nitrogens with zero attached hydrogens (tertiary/aromatic N) is 4. The van der Waals surface area contributed by atoms with Crippen LogP contribution in [0.25, 0.3) is 11.3 Å². The predicted molar refractivity (Wildman–Crippen MR) is 105 cm³/mol. The van der Waals surface area contributed by atoms with Crippen LogP contribution in [-0.2, 0) is 21.4 Å². The van der Waals surface area contributed by atoms with E-state index in [0.29, 0.717) is 11.1 Å². The Morgan fingerprint density at radius 3 is 2.73 bits per heavy atom. The number of nitrogens with one attached hydrogen (secondary N) is 1. The molecule has 0 aliphatic rings. The van der Waals surface area contributed by atoms with Crippen molar-refractivity contribution in [2.75, 3.05) is 14.2 Å². The summed E-state index contributed by atoms with van der Waals surface area (Å²) in [6.45, 7) is -0.168. The summed E-state index contributed by atoms with van der Waals surface area (Å²) in [4.78, 5) is 19.3. The number of rotatable bonds is 6. The van der Waals surface area contributed by atoms with E-state index in [-0.39, 0.29) is 28.8 Å². The summed E-state index contributed by atoms with van der Waals surface area (Å²) in [6, 6.07) is 9.44. The molecule has 3 aromatic heterocycles. The van der Waals surface area contributed by atoms with Crippen LogP contribution in [-0.4, -0.2) is 42.6 Å². The monoisotopic (exact) mass is 427 g/mol. The summed E-state index contributed by atoms with van der Waals surface area (Å²) in [6.07, 6.45) is 3.27. The zero-order chi connectivity index (χ0) is 21.7. The first-order valence-corrected chi connectivity index (χ1v) is 10.0. The molecule has 0 aliphatic heterocycles. The largest absolute Gasteiger partial charge is 0.481 e. The number of hydrogen-bond donors (Lipinski definition) is 1. The number of carbonyl (C=O) groups is 1. The maximum Gasteiger partial charge on any atom is 0.407 e. The number of methoxy groups -OCH3 is 1. The van der Waals surface area contributed by atoms with Crippen LogP contribution in [0.5, 0.6) is 5.88 Å². The van der Waals surface area contributed by atoms with Gasteiger partial charge in [0, 0.05) is 36.6 Å². The van der Waals surface area contributed by atoms with Gasteiger partial charge in [-0.15, -0.1) is 0 Å². The van der Waals surface area contributed by atoms with Gasteiger partial charge < -0.3 is 14.8 Å². The van der Waals surface area contributed by atoms with Gasteiger partial charge in [0.05, 0.1) is 19.0 Å². The standard InChI is InChI=1S/C19H17N5O5S/c1-21-19(25)29-12-13-8-17(15-4-3-7-22-16(15)9-20)24(11-13)30(26,27)14-5-6-18(28-2)23-10-14/h3-8,10-11H,12H2,1-2H3,(H,21,25). The minimum Gasteiger partial charge on any atom is -0.481 e. The van der Waals surface area contributed by atoms with E-state index < -0.39 is 16.1 Å². The Bertz CT molecular complexity index is 1210. The van der Waals surface area contributed by atoms with Crippen molar-refractivity contribution < 1.29 is 22.7 Å². The summed E-state index contributed by atoms with van der Waals surface area (Å²) >= 11 is 0. The van der Waals surface area contributed by atoms with Gasteiger partial charge in [-0.05, 0) is 24.3 Å². The first-order valence-electron chi connectivity index (χ1n) is 8.57. The molecule has 11 heteroatoms. The lowest BCUT2D eigenvalue weighted by atomic mass is 10.1. The molecule has 0 aliphatic carbocycles. The molecule has 30 heavy (non-hydrogen) atoms. The normalized spacial score (nSPS) is 10.8. The maximum atomic E-state index is 13.3. The van der Waals surface area contributed by atoms with Crippen molar-refractivity contribution in [3.05, 3.63) is 60.2 Å². The summed E-state index contributed by atoms with van der Waals surface area (Å²) in [7, 11) is -1.25. The first-order chi connectivity index (χ1) is 14.4. The summed E-state index contributed by atoms with van der Waals surface area (Å²) < 4.78 is 37.6. The first kappa shape index (κ1) is 20.8. The highest BCUT2D eigenvalue weighted by molar-refractivity contribution is 7.90. The molecule has 3 rings (SSSR count). The minimum atomic E-state index is -4.09. The van der Waals surface area contributed by atoms with Gasteiger partial charge in [0.2, 0.25) is 5.88 Å². The Morgan fingerprint density at radius 1 is 1.30 bits per heavy atom. The fraction of sp³-hybridized carbons (Fsp3) is 0.158. The molecule has 10 nitrogen and oxygen atoms in total. The van der Waals surface area contributed by atoms with Crippen molar-refractivity contribution in [2.24, 2.45) is 0 Å². The SMILES string of the molecule is CNC(=O)OCc1cc(-c2cccnc2C#N)n(S(=O)(=O)c2ccc(OC)nc2)c1. The van der Waals surface area contributed by atoms with Crippen LogP contribution in [0.4, 0.5) is 4.79 Å². The van der Waals surface area contributed by atoms with Gasteiger partial charge >= 0.3 is 6.09 Å². The zero-order valence-electron chi connectivity index (χ0n) is 16.1. The molecule has 1 N–H and O–H groups in total. The molecular formula is C19H17N5O5S. The van der Waals surface area contributed by atoms with Crippen LogP contribution in [0.3, 0.4) is 0 Å². The Kier molecular flexibility index (Phi) is 5.98. The van der Waals surface area contributed by atoms with Crippen LogP contribution < -0.4 is 10.1 Å². The molecule has 3 aromatic rings. The number of carbonyl (C=O) groups excluding carboxylic acids is 1. The van der Waals surface area contributed by atoms with Crippen LogP contribution in [0, 0.1) is 11.3 Å². The molecule has 0 saturated carbocycles. The molecule has 0 fully saturated rings. The number of aromatic nitrogens is 3. The van der Waals surface area contributed by atoms with Gasteiger partial charge in [0.1, 0.15) is 23.3 Å². The van der Waals surface area contributed by atoms with E-state index in [0.717, 1.165) is 3.97 Å². The molecule has 1 amide bonds. The van der Waals surface area contributed by atoms with Crippen molar-refractivity contribution in [1.29, 1.82) is 5.26 Å². The molecular weight excluding hydrogens is 410 g/mol. The molecule has 0 saturated heterocycles. The summed E-state index contributed by atoms with van der Waals surface area (Å²) in [5, 5.41) is 11.7. The Balaban J connectivity index is 2.14.